The van der Waals surface area contributed by atoms with E-state index < -0.39 is 5.97 Å². The summed E-state index contributed by atoms with van der Waals surface area (Å²) < 4.78 is 16.7. The molecule has 0 saturated carbocycles. The monoisotopic (exact) mass is 360 g/mol. The third-order valence-corrected chi connectivity index (χ3v) is 4.73. The first kappa shape index (κ1) is 18.7. The number of aryl methyl sites for hydroxylation is 1. The van der Waals surface area contributed by atoms with Gasteiger partial charge >= 0.3 is 5.97 Å². The van der Waals surface area contributed by atoms with Gasteiger partial charge in [-0.3, -0.25) is 0 Å². The zero-order chi connectivity index (χ0) is 18.4. The van der Waals surface area contributed by atoms with E-state index in [2.05, 4.69) is 10.6 Å². The van der Waals surface area contributed by atoms with Gasteiger partial charge in [0, 0.05) is 11.6 Å². The first-order chi connectivity index (χ1) is 12.7. The summed E-state index contributed by atoms with van der Waals surface area (Å²) in [6.07, 6.45) is 3.30. The van der Waals surface area contributed by atoms with Gasteiger partial charge in [0.05, 0.1) is 18.6 Å². The zero-order valence-electron chi connectivity index (χ0n) is 15.6. The predicted molar refractivity (Wildman–Crippen MR) is 101 cm³/mol. The molecular weight excluding hydrogens is 332 g/mol. The van der Waals surface area contributed by atoms with Gasteiger partial charge in [-0.25, -0.2) is 4.79 Å². The number of piperidine rings is 1. The largest absolute Gasteiger partial charge is 0.493 e. The second-order valence-corrected chi connectivity index (χ2v) is 6.59. The number of benzene rings is 1. The Balaban J connectivity index is 1.58. The highest BCUT2D eigenvalue weighted by Gasteiger charge is 2.21. The van der Waals surface area contributed by atoms with E-state index in [1.165, 1.54) is 12.8 Å². The molecule has 0 aliphatic carbocycles. The van der Waals surface area contributed by atoms with E-state index in [0.717, 1.165) is 42.8 Å². The van der Waals surface area contributed by atoms with Gasteiger partial charge in [0.25, 0.3) is 0 Å². The molecule has 6 nitrogen and oxygen atoms in total. The Morgan fingerprint density at radius 2 is 2.15 bits per heavy atom. The maximum absolute atomic E-state index is 12.0. The fourth-order valence-corrected chi connectivity index (χ4v) is 3.36. The maximum Gasteiger partial charge on any atom is 0.374 e. The Labute approximate surface area is 154 Å². The highest BCUT2D eigenvalue weighted by atomic mass is 16.5. The summed E-state index contributed by atoms with van der Waals surface area (Å²) in [5.74, 6) is 0.574. The summed E-state index contributed by atoms with van der Waals surface area (Å²) in [7, 11) is 0. The Hall–Kier alpha value is -2.05. The van der Waals surface area contributed by atoms with Crippen LogP contribution in [0.15, 0.2) is 22.6 Å². The lowest BCUT2D eigenvalue weighted by Gasteiger charge is -2.23. The van der Waals surface area contributed by atoms with Crippen molar-refractivity contribution in [3.63, 3.8) is 0 Å². The number of fused-ring (bicyclic) bond motifs is 1. The molecule has 0 atom stereocenters. The Morgan fingerprint density at radius 1 is 1.35 bits per heavy atom. The molecule has 1 saturated heterocycles. The van der Waals surface area contributed by atoms with E-state index >= 15 is 0 Å². The van der Waals surface area contributed by atoms with Crippen LogP contribution in [0.4, 0.5) is 0 Å². The lowest BCUT2D eigenvalue weighted by atomic mass is 10.1. The third-order valence-electron chi connectivity index (χ3n) is 4.73. The molecule has 1 aromatic carbocycles. The van der Waals surface area contributed by atoms with Crippen molar-refractivity contribution in [1.29, 1.82) is 0 Å². The van der Waals surface area contributed by atoms with Crippen LogP contribution in [-0.2, 0) is 4.74 Å². The molecule has 1 fully saturated rings. The molecule has 26 heavy (non-hydrogen) atoms. The lowest BCUT2D eigenvalue weighted by molar-refractivity contribution is 0.0491. The van der Waals surface area contributed by atoms with Gasteiger partial charge in [0.2, 0.25) is 5.76 Å². The number of carbonyl (C=O) groups is 1. The maximum atomic E-state index is 12.0. The van der Waals surface area contributed by atoms with Crippen molar-refractivity contribution in [3.8, 4) is 5.75 Å². The predicted octanol–water partition coefficient (Wildman–Crippen LogP) is 3.03. The highest BCUT2D eigenvalue weighted by molar-refractivity contribution is 5.98. The average Bonchev–Trinajstić information content (AvgIpc) is 3.00. The van der Waals surface area contributed by atoms with Crippen molar-refractivity contribution >= 4 is 16.9 Å². The van der Waals surface area contributed by atoms with Crippen molar-refractivity contribution in [1.82, 2.24) is 10.6 Å². The number of esters is 1. The van der Waals surface area contributed by atoms with E-state index in [-0.39, 0.29) is 5.76 Å². The van der Waals surface area contributed by atoms with Crippen LogP contribution >= 0.6 is 0 Å². The summed E-state index contributed by atoms with van der Waals surface area (Å²) in [6.45, 7) is 7.72. The average molecular weight is 360 g/mol. The van der Waals surface area contributed by atoms with Gasteiger partial charge in [0.1, 0.15) is 11.3 Å². The summed E-state index contributed by atoms with van der Waals surface area (Å²) >= 11 is 0. The summed E-state index contributed by atoms with van der Waals surface area (Å²) in [4.78, 5) is 12.0. The van der Waals surface area contributed by atoms with Crippen LogP contribution in [0.3, 0.4) is 0 Å². The van der Waals surface area contributed by atoms with Crippen LogP contribution in [-0.4, -0.2) is 44.9 Å². The molecule has 1 aliphatic rings. The molecule has 2 N–H and O–H groups in total. The van der Waals surface area contributed by atoms with Crippen molar-refractivity contribution in [2.24, 2.45) is 0 Å². The number of carbonyl (C=O) groups excluding carboxylic acids is 1. The zero-order valence-corrected chi connectivity index (χ0v) is 15.6. The molecular formula is C20H28N2O4. The standard InChI is InChI=1S/C20H28N2O4/c1-3-24-20(23)19-14(2)18-16(6-4-7-17(18)26-19)25-13-5-10-22-15-8-11-21-12-9-15/h4,6-7,15,21-22H,3,5,8-13H2,1-2H3. The summed E-state index contributed by atoms with van der Waals surface area (Å²) in [5.41, 5.74) is 1.41. The molecule has 0 bridgehead atoms. The topological polar surface area (TPSA) is 72.7 Å². The molecule has 6 heteroatoms. The minimum Gasteiger partial charge on any atom is -0.493 e. The lowest BCUT2D eigenvalue weighted by Crippen LogP contribution is -2.40. The number of hydrogen-bond donors (Lipinski definition) is 2. The van der Waals surface area contributed by atoms with Gasteiger partial charge in [-0.1, -0.05) is 6.07 Å². The molecule has 142 valence electrons. The fraction of sp³-hybridized carbons (Fsp3) is 0.550. The van der Waals surface area contributed by atoms with Crippen molar-refractivity contribution < 1.29 is 18.7 Å². The van der Waals surface area contributed by atoms with Crippen molar-refractivity contribution in [3.05, 3.63) is 29.5 Å². The smallest absolute Gasteiger partial charge is 0.374 e. The van der Waals surface area contributed by atoms with Gasteiger partial charge < -0.3 is 24.5 Å². The number of ether oxygens (including phenoxy) is 2. The molecule has 0 radical (unpaired) electrons. The van der Waals surface area contributed by atoms with Gasteiger partial charge in [-0.15, -0.1) is 0 Å². The second kappa shape index (κ2) is 9.05. The van der Waals surface area contributed by atoms with Crippen molar-refractivity contribution in [2.75, 3.05) is 32.8 Å². The SMILES string of the molecule is CCOC(=O)c1oc2cccc(OCCCNC3CCNCC3)c2c1C. The highest BCUT2D eigenvalue weighted by Crippen LogP contribution is 2.33. The Kier molecular flexibility index (Phi) is 6.52. The Morgan fingerprint density at radius 3 is 2.92 bits per heavy atom. The second-order valence-electron chi connectivity index (χ2n) is 6.59. The van der Waals surface area contributed by atoms with Crippen LogP contribution in [0, 0.1) is 6.92 Å². The van der Waals surface area contributed by atoms with Crippen LogP contribution in [0.5, 0.6) is 5.75 Å². The number of hydrogen-bond acceptors (Lipinski definition) is 6. The summed E-state index contributed by atoms with van der Waals surface area (Å²) in [6, 6.07) is 6.25. The normalized spacial score (nSPS) is 15.3. The van der Waals surface area contributed by atoms with E-state index in [9.17, 15) is 4.79 Å². The molecule has 1 aliphatic heterocycles. The first-order valence-corrected chi connectivity index (χ1v) is 9.46. The first-order valence-electron chi connectivity index (χ1n) is 9.46. The van der Waals surface area contributed by atoms with Gasteiger partial charge in [-0.05, 0) is 64.9 Å². The molecule has 2 aromatic rings. The summed E-state index contributed by atoms with van der Waals surface area (Å²) in [5, 5.41) is 7.81. The number of rotatable bonds is 8. The fourth-order valence-electron chi connectivity index (χ4n) is 3.36. The molecule has 3 rings (SSSR count). The minimum atomic E-state index is -0.432. The number of nitrogens with one attached hydrogen (secondary N) is 2. The van der Waals surface area contributed by atoms with E-state index in [0.29, 0.717) is 24.8 Å². The molecule has 2 heterocycles. The van der Waals surface area contributed by atoms with Crippen LogP contribution in [0.2, 0.25) is 0 Å². The Bertz CT molecular complexity index is 735. The molecule has 0 amide bonds. The van der Waals surface area contributed by atoms with Crippen LogP contribution < -0.4 is 15.4 Å². The van der Waals surface area contributed by atoms with Crippen LogP contribution in [0.1, 0.15) is 42.3 Å². The van der Waals surface area contributed by atoms with Gasteiger partial charge in [-0.2, -0.15) is 0 Å². The molecule has 1 aromatic heterocycles. The van der Waals surface area contributed by atoms with E-state index in [1.54, 1.807) is 6.92 Å². The minimum absolute atomic E-state index is 0.255. The third kappa shape index (κ3) is 4.37. The van der Waals surface area contributed by atoms with E-state index in [4.69, 9.17) is 13.9 Å². The van der Waals surface area contributed by atoms with Crippen LogP contribution in [0.25, 0.3) is 11.0 Å². The molecule has 0 unspecified atom stereocenters. The van der Waals surface area contributed by atoms with Crippen molar-refractivity contribution in [2.45, 2.75) is 39.2 Å². The van der Waals surface area contributed by atoms with E-state index in [1.807, 2.05) is 25.1 Å². The van der Waals surface area contributed by atoms with Gasteiger partial charge in [0.15, 0.2) is 0 Å². The number of furan rings is 1. The molecule has 0 spiro atoms. The quantitative estimate of drug-likeness (QED) is 0.557.